The lowest BCUT2D eigenvalue weighted by Gasteiger charge is -1.99. The van der Waals surface area contributed by atoms with Crippen molar-refractivity contribution in [3.05, 3.63) is 53.6 Å². The number of benzene rings is 1. The van der Waals surface area contributed by atoms with Gasteiger partial charge in [-0.25, -0.2) is 9.59 Å². The topological polar surface area (TPSA) is 43.4 Å². The summed E-state index contributed by atoms with van der Waals surface area (Å²) in [6.45, 7) is 3.54. The highest BCUT2D eigenvalue weighted by atomic mass is 16.6. The molecule has 3 heteroatoms. The highest BCUT2D eigenvalue weighted by molar-refractivity contribution is 6.00. The van der Waals surface area contributed by atoms with Crippen molar-refractivity contribution in [3.63, 3.8) is 0 Å². The zero-order chi connectivity index (χ0) is 13.4. The van der Waals surface area contributed by atoms with Gasteiger partial charge >= 0.3 is 11.9 Å². The van der Waals surface area contributed by atoms with Crippen LogP contribution in [0.25, 0.3) is 6.08 Å². The largest absolute Gasteiger partial charge is 0.386 e. The summed E-state index contributed by atoms with van der Waals surface area (Å²) in [6, 6.07) is 9.33. The second-order valence-electron chi connectivity index (χ2n) is 3.75. The van der Waals surface area contributed by atoms with E-state index in [-0.39, 0.29) is 0 Å². The van der Waals surface area contributed by atoms with E-state index in [1.54, 1.807) is 19.1 Å². The van der Waals surface area contributed by atoms with Gasteiger partial charge in [0.25, 0.3) is 0 Å². The molecule has 1 aromatic carbocycles. The van der Waals surface area contributed by atoms with Crippen LogP contribution >= 0.6 is 0 Å². The highest BCUT2D eigenvalue weighted by Crippen LogP contribution is 2.03. The summed E-state index contributed by atoms with van der Waals surface area (Å²) < 4.78 is 4.65. The van der Waals surface area contributed by atoms with Crippen molar-refractivity contribution in [3.8, 4) is 0 Å². The summed E-state index contributed by atoms with van der Waals surface area (Å²) in [7, 11) is 0. The number of ether oxygens (including phenoxy) is 1. The van der Waals surface area contributed by atoms with Crippen molar-refractivity contribution in [2.75, 3.05) is 0 Å². The number of carbonyl (C=O) groups excluding carboxylic acids is 2. The molecule has 0 spiro atoms. The van der Waals surface area contributed by atoms with Gasteiger partial charge in [0.15, 0.2) is 0 Å². The van der Waals surface area contributed by atoms with Crippen molar-refractivity contribution in [2.24, 2.45) is 0 Å². The fourth-order valence-corrected chi connectivity index (χ4v) is 1.32. The number of carbonyl (C=O) groups is 2. The first kappa shape index (κ1) is 13.9. The second-order valence-corrected chi connectivity index (χ2v) is 3.75. The molecule has 0 amide bonds. The minimum atomic E-state index is -0.660. The maximum absolute atomic E-state index is 11.4. The molecule has 3 nitrogen and oxygen atoms in total. The molecule has 0 aromatic heterocycles. The maximum Gasteiger partial charge on any atom is 0.341 e. The molecule has 0 aliphatic heterocycles. The third kappa shape index (κ3) is 4.78. The third-order valence-corrected chi connectivity index (χ3v) is 2.24. The van der Waals surface area contributed by atoms with E-state index < -0.39 is 11.9 Å². The van der Waals surface area contributed by atoms with Gasteiger partial charge in [0, 0.05) is 11.6 Å². The highest BCUT2D eigenvalue weighted by Gasteiger charge is 2.08. The predicted octanol–water partition coefficient (Wildman–Crippen LogP) is 3.13. The van der Waals surface area contributed by atoms with Crippen LogP contribution in [0.3, 0.4) is 0 Å². The zero-order valence-corrected chi connectivity index (χ0v) is 10.6. The van der Waals surface area contributed by atoms with Crippen LogP contribution in [0.4, 0.5) is 0 Å². The summed E-state index contributed by atoms with van der Waals surface area (Å²) in [6.07, 6.45) is 5.30. The van der Waals surface area contributed by atoms with E-state index in [1.807, 2.05) is 37.3 Å². The van der Waals surface area contributed by atoms with Gasteiger partial charge in [0.2, 0.25) is 0 Å². The monoisotopic (exact) mass is 244 g/mol. The quantitative estimate of drug-likeness (QED) is 0.464. The summed E-state index contributed by atoms with van der Waals surface area (Å²) in [5.74, 6) is -1.26. The molecule has 1 aromatic rings. The first-order valence-electron chi connectivity index (χ1n) is 5.79. The number of hydrogen-bond acceptors (Lipinski definition) is 3. The molecule has 0 atom stereocenters. The van der Waals surface area contributed by atoms with Crippen molar-refractivity contribution in [2.45, 2.75) is 20.3 Å². The fraction of sp³-hybridized carbons (Fsp3) is 0.200. The predicted molar refractivity (Wildman–Crippen MR) is 70.6 cm³/mol. The Balaban J connectivity index is 2.55. The van der Waals surface area contributed by atoms with E-state index in [9.17, 15) is 9.59 Å². The molecule has 0 N–H and O–H groups in total. The number of esters is 2. The van der Waals surface area contributed by atoms with Gasteiger partial charge in [-0.2, -0.15) is 0 Å². The van der Waals surface area contributed by atoms with Crippen LogP contribution < -0.4 is 0 Å². The summed E-state index contributed by atoms with van der Waals surface area (Å²) in [5.41, 5.74) is 1.32. The SMILES string of the molecule is CCC=C(C)C(=O)OC(=O)/C=C/c1ccccc1. The molecule has 0 saturated carbocycles. The molecule has 0 aliphatic rings. The minimum absolute atomic E-state index is 0.443. The van der Waals surface area contributed by atoms with E-state index in [0.29, 0.717) is 5.57 Å². The van der Waals surface area contributed by atoms with Crippen LogP contribution in [0, 0.1) is 0 Å². The molecule has 0 saturated heterocycles. The van der Waals surface area contributed by atoms with Crippen LogP contribution in [0.2, 0.25) is 0 Å². The molecule has 94 valence electrons. The Labute approximate surface area is 107 Å². The smallest absolute Gasteiger partial charge is 0.341 e. The maximum atomic E-state index is 11.4. The Kier molecular flexibility index (Phi) is 5.58. The van der Waals surface area contributed by atoms with Crippen LogP contribution in [-0.2, 0) is 14.3 Å². The molecule has 0 unspecified atom stereocenters. The summed E-state index contributed by atoms with van der Waals surface area (Å²) >= 11 is 0. The number of rotatable bonds is 4. The average Bonchev–Trinajstić information content (AvgIpc) is 2.38. The number of allylic oxidation sites excluding steroid dienone is 1. The lowest BCUT2D eigenvalue weighted by atomic mass is 10.2. The van der Waals surface area contributed by atoms with Gasteiger partial charge in [0.1, 0.15) is 0 Å². The van der Waals surface area contributed by atoms with Gasteiger partial charge in [0.05, 0.1) is 0 Å². The van der Waals surface area contributed by atoms with Crippen LogP contribution in [0.5, 0.6) is 0 Å². The molecule has 18 heavy (non-hydrogen) atoms. The van der Waals surface area contributed by atoms with Crippen LogP contribution in [0.1, 0.15) is 25.8 Å². The van der Waals surface area contributed by atoms with Gasteiger partial charge < -0.3 is 4.74 Å². The normalized spacial score (nSPS) is 11.6. The lowest BCUT2D eigenvalue weighted by Crippen LogP contribution is -2.10. The van der Waals surface area contributed by atoms with Crippen LogP contribution in [0.15, 0.2) is 48.1 Å². The lowest BCUT2D eigenvalue weighted by molar-refractivity contribution is -0.153. The molecular weight excluding hydrogens is 228 g/mol. The molecule has 0 heterocycles. The van der Waals surface area contributed by atoms with Gasteiger partial charge in [-0.15, -0.1) is 0 Å². The van der Waals surface area contributed by atoms with E-state index in [0.717, 1.165) is 12.0 Å². The van der Waals surface area contributed by atoms with E-state index >= 15 is 0 Å². The molecule has 0 radical (unpaired) electrons. The minimum Gasteiger partial charge on any atom is -0.386 e. The van der Waals surface area contributed by atoms with Gasteiger partial charge in [-0.3, -0.25) is 0 Å². The third-order valence-electron chi connectivity index (χ3n) is 2.24. The van der Waals surface area contributed by atoms with Crippen molar-refractivity contribution < 1.29 is 14.3 Å². The Morgan fingerprint density at radius 2 is 1.89 bits per heavy atom. The van der Waals surface area contributed by atoms with Crippen LogP contribution in [-0.4, -0.2) is 11.9 Å². The average molecular weight is 244 g/mol. The molecule has 0 bridgehead atoms. The van der Waals surface area contributed by atoms with Crippen molar-refractivity contribution in [1.82, 2.24) is 0 Å². The van der Waals surface area contributed by atoms with Crippen molar-refractivity contribution >= 4 is 18.0 Å². The summed E-state index contributed by atoms with van der Waals surface area (Å²) in [5, 5.41) is 0. The molecule has 0 aliphatic carbocycles. The molecular formula is C15H16O3. The van der Waals surface area contributed by atoms with Gasteiger partial charge in [-0.1, -0.05) is 43.3 Å². The second kappa shape index (κ2) is 7.22. The Hall–Kier alpha value is -2.16. The molecule has 1 rings (SSSR count). The molecule has 0 fully saturated rings. The summed E-state index contributed by atoms with van der Waals surface area (Å²) in [4.78, 5) is 22.8. The zero-order valence-electron chi connectivity index (χ0n) is 10.6. The van der Waals surface area contributed by atoms with Crippen molar-refractivity contribution in [1.29, 1.82) is 0 Å². The Morgan fingerprint density at radius 3 is 2.50 bits per heavy atom. The Morgan fingerprint density at radius 1 is 1.22 bits per heavy atom. The fourth-order valence-electron chi connectivity index (χ4n) is 1.32. The van der Waals surface area contributed by atoms with E-state index in [4.69, 9.17) is 0 Å². The standard InChI is InChI=1S/C15H16O3/c1-3-7-12(2)15(17)18-14(16)11-10-13-8-5-4-6-9-13/h4-11H,3H2,1-2H3/b11-10+,12-7?. The van der Waals surface area contributed by atoms with E-state index in [1.165, 1.54) is 6.08 Å². The first-order valence-corrected chi connectivity index (χ1v) is 5.79. The van der Waals surface area contributed by atoms with E-state index in [2.05, 4.69) is 4.74 Å². The van der Waals surface area contributed by atoms with Gasteiger partial charge in [-0.05, 0) is 25.0 Å². The first-order chi connectivity index (χ1) is 8.63. The number of hydrogen-bond donors (Lipinski definition) is 0. The Bertz CT molecular complexity index is 470.